The van der Waals surface area contributed by atoms with E-state index in [2.05, 4.69) is 0 Å². The number of aliphatic hydroxyl groups excluding tert-OH is 1. The minimum atomic E-state index is -1.04. The molecule has 1 aromatic heterocycles. The second-order valence-corrected chi connectivity index (χ2v) is 8.26. The molecule has 0 radical (unpaired) electrons. The first-order chi connectivity index (χ1) is 17.7. The SMILES string of the molecule is C.O=C(O)COc1cccc(-c2ccccc2-c2oc(-c3ccccc3)c(-c3ccccc3)c2CO)c1. The smallest absolute Gasteiger partial charge is 0.341 e. The van der Waals surface area contributed by atoms with Gasteiger partial charge in [-0.05, 0) is 28.8 Å². The molecule has 37 heavy (non-hydrogen) atoms. The van der Waals surface area contributed by atoms with Crippen LogP contribution in [0.3, 0.4) is 0 Å². The lowest BCUT2D eigenvalue weighted by Crippen LogP contribution is -2.09. The van der Waals surface area contributed by atoms with Crippen molar-refractivity contribution in [3.05, 3.63) is 115 Å². The first-order valence-electron chi connectivity index (χ1n) is 11.6. The van der Waals surface area contributed by atoms with Crippen molar-refractivity contribution >= 4 is 5.97 Å². The maximum Gasteiger partial charge on any atom is 0.341 e. The van der Waals surface area contributed by atoms with E-state index in [9.17, 15) is 9.90 Å². The average Bonchev–Trinajstić information content (AvgIpc) is 3.32. The molecule has 0 bridgehead atoms. The maximum absolute atomic E-state index is 10.9. The van der Waals surface area contributed by atoms with Crippen LogP contribution in [0.5, 0.6) is 5.75 Å². The van der Waals surface area contributed by atoms with Crippen LogP contribution in [0.1, 0.15) is 13.0 Å². The molecule has 0 saturated heterocycles. The normalized spacial score (nSPS) is 10.5. The zero-order valence-corrected chi connectivity index (χ0v) is 19.4. The van der Waals surface area contributed by atoms with Gasteiger partial charge in [-0.1, -0.05) is 104 Å². The van der Waals surface area contributed by atoms with E-state index in [1.54, 1.807) is 12.1 Å². The van der Waals surface area contributed by atoms with Crippen LogP contribution in [-0.2, 0) is 11.4 Å². The van der Waals surface area contributed by atoms with Gasteiger partial charge in [-0.25, -0.2) is 4.79 Å². The van der Waals surface area contributed by atoms with Gasteiger partial charge >= 0.3 is 5.97 Å². The molecule has 0 aliphatic rings. The fraction of sp³-hybridized carbons (Fsp3) is 0.0938. The largest absolute Gasteiger partial charge is 0.482 e. The number of carbonyl (C=O) groups is 1. The van der Waals surface area contributed by atoms with E-state index in [0.29, 0.717) is 22.8 Å². The Bertz CT molecular complexity index is 1490. The van der Waals surface area contributed by atoms with Crippen LogP contribution in [0.2, 0.25) is 0 Å². The van der Waals surface area contributed by atoms with Gasteiger partial charge in [-0.2, -0.15) is 0 Å². The number of rotatable bonds is 8. The first-order valence-corrected chi connectivity index (χ1v) is 11.6. The summed E-state index contributed by atoms with van der Waals surface area (Å²) in [4.78, 5) is 10.9. The van der Waals surface area contributed by atoms with Crippen LogP contribution in [0.4, 0.5) is 0 Å². The Morgan fingerprint density at radius 2 is 1.30 bits per heavy atom. The van der Waals surface area contributed by atoms with Gasteiger partial charge in [0.1, 0.15) is 17.3 Å². The number of aliphatic carboxylic acids is 1. The number of carboxylic acid groups (broad SMARTS) is 1. The van der Waals surface area contributed by atoms with Crippen LogP contribution in [-0.4, -0.2) is 22.8 Å². The average molecular weight is 493 g/mol. The highest BCUT2D eigenvalue weighted by molar-refractivity contribution is 5.91. The Morgan fingerprint density at radius 3 is 1.95 bits per heavy atom. The standard InChI is InChI=1S/C31H24O5.CH4/c32-19-27-29(21-10-3-1-4-11-21)30(22-12-5-2-6-13-22)36-31(27)26-17-8-7-16-25(26)23-14-9-15-24(18-23)35-20-28(33)34;/h1-18,32H,19-20H2,(H,33,34);1H4. The number of hydrogen-bond acceptors (Lipinski definition) is 4. The van der Waals surface area contributed by atoms with Crippen molar-refractivity contribution in [1.82, 2.24) is 0 Å². The van der Waals surface area contributed by atoms with Gasteiger partial charge in [0.25, 0.3) is 0 Å². The quantitative estimate of drug-likeness (QED) is 0.234. The molecule has 0 saturated carbocycles. The Balaban J connectivity index is 0.00000320. The van der Waals surface area contributed by atoms with Gasteiger partial charge in [-0.15, -0.1) is 0 Å². The predicted octanol–water partition coefficient (Wildman–Crippen LogP) is 7.54. The summed E-state index contributed by atoms with van der Waals surface area (Å²) >= 11 is 0. The van der Waals surface area contributed by atoms with Crippen LogP contribution in [0.15, 0.2) is 114 Å². The molecule has 0 atom stereocenters. The van der Waals surface area contributed by atoms with Crippen molar-refractivity contribution in [2.45, 2.75) is 14.0 Å². The van der Waals surface area contributed by atoms with Gasteiger partial charge in [0.15, 0.2) is 6.61 Å². The summed E-state index contributed by atoms with van der Waals surface area (Å²) < 4.78 is 12.0. The van der Waals surface area contributed by atoms with Crippen molar-refractivity contribution in [3.8, 4) is 50.7 Å². The number of aliphatic hydroxyl groups is 1. The molecular weight excluding hydrogens is 464 g/mol. The summed E-state index contributed by atoms with van der Waals surface area (Å²) in [6, 6.07) is 34.8. The van der Waals surface area contributed by atoms with Gasteiger partial charge in [0.05, 0.1) is 6.61 Å². The molecule has 4 aromatic carbocycles. The van der Waals surface area contributed by atoms with E-state index in [0.717, 1.165) is 33.4 Å². The summed E-state index contributed by atoms with van der Waals surface area (Å²) in [5, 5.41) is 19.5. The molecule has 0 spiro atoms. The highest BCUT2D eigenvalue weighted by Gasteiger charge is 2.24. The number of hydrogen-bond donors (Lipinski definition) is 2. The Kier molecular flexibility index (Phi) is 7.86. The summed E-state index contributed by atoms with van der Waals surface area (Å²) in [5.41, 5.74) is 5.96. The Morgan fingerprint density at radius 1 is 0.703 bits per heavy atom. The van der Waals surface area contributed by atoms with E-state index in [1.807, 2.05) is 97.1 Å². The fourth-order valence-electron chi connectivity index (χ4n) is 4.37. The van der Waals surface area contributed by atoms with Crippen LogP contribution in [0.25, 0.3) is 44.9 Å². The number of ether oxygens (including phenoxy) is 1. The van der Waals surface area contributed by atoms with Crippen LogP contribution >= 0.6 is 0 Å². The molecule has 0 fully saturated rings. The molecular formula is C32H28O5. The summed E-state index contributed by atoms with van der Waals surface area (Å²) in [6.45, 7) is -0.620. The molecule has 5 aromatic rings. The number of benzene rings is 4. The lowest BCUT2D eigenvalue weighted by molar-refractivity contribution is -0.139. The number of furan rings is 1. The molecule has 5 rings (SSSR count). The fourth-order valence-corrected chi connectivity index (χ4v) is 4.37. The second kappa shape index (κ2) is 11.4. The summed E-state index contributed by atoms with van der Waals surface area (Å²) in [5.74, 6) is 0.698. The second-order valence-electron chi connectivity index (χ2n) is 8.26. The summed E-state index contributed by atoms with van der Waals surface area (Å²) in [6.07, 6.45) is 0. The third-order valence-electron chi connectivity index (χ3n) is 5.94. The highest BCUT2D eigenvalue weighted by atomic mass is 16.5. The van der Waals surface area contributed by atoms with Crippen molar-refractivity contribution in [1.29, 1.82) is 0 Å². The van der Waals surface area contributed by atoms with Gasteiger partial charge < -0.3 is 19.4 Å². The van der Waals surface area contributed by atoms with E-state index in [-0.39, 0.29) is 14.0 Å². The lowest BCUT2D eigenvalue weighted by atomic mass is 9.93. The molecule has 0 aliphatic heterocycles. The molecule has 5 nitrogen and oxygen atoms in total. The van der Waals surface area contributed by atoms with E-state index < -0.39 is 12.6 Å². The van der Waals surface area contributed by atoms with E-state index in [4.69, 9.17) is 14.3 Å². The van der Waals surface area contributed by atoms with Crippen LogP contribution < -0.4 is 4.74 Å². The van der Waals surface area contributed by atoms with Gasteiger partial charge in [0, 0.05) is 22.3 Å². The molecule has 186 valence electrons. The third-order valence-corrected chi connectivity index (χ3v) is 5.94. The lowest BCUT2D eigenvalue weighted by Gasteiger charge is -2.11. The maximum atomic E-state index is 10.9. The zero-order chi connectivity index (χ0) is 24.9. The highest BCUT2D eigenvalue weighted by Crippen LogP contribution is 2.45. The molecule has 0 unspecified atom stereocenters. The third kappa shape index (κ3) is 5.32. The molecule has 0 amide bonds. The minimum absolute atomic E-state index is 0. The van der Waals surface area contributed by atoms with Crippen molar-refractivity contribution < 1.29 is 24.2 Å². The Hall–Kier alpha value is -4.61. The molecule has 1 heterocycles. The molecule has 5 heteroatoms. The minimum Gasteiger partial charge on any atom is -0.482 e. The predicted molar refractivity (Wildman–Crippen MR) is 146 cm³/mol. The zero-order valence-electron chi connectivity index (χ0n) is 19.4. The van der Waals surface area contributed by atoms with Gasteiger partial charge in [0.2, 0.25) is 0 Å². The first kappa shape index (κ1) is 25.5. The van der Waals surface area contributed by atoms with E-state index >= 15 is 0 Å². The topological polar surface area (TPSA) is 79.9 Å². The number of carboxylic acids is 1. The van der Waals surface area contributed by atoms with E-state index in [1.165, 1.54) is 0 Å². The summed E-state index contributed by atoms with van der Waals surface area (Å²) in [7, 11) is 0. The molecule has 0 aliphatic carbocycles. The molecule has 2 N–H and O–H groups in total. The van der Waals surface area contributed by atoms with Crippen LogP contribution in [0, 0.1) is 0 Å². The monoisotopic (exact) mass is 492 g/mol. The van der Waals surface area contributed by atoms with Crippen molar-refractivity contribution in [3.63, 3.8) is 0 Å². The van der Waals surface area contributed by atoms with Crippen molar-refractivity contribution in [2.24, 2.45) is 0 Å². The van der Waals surface area contributed by atoms with Crippen molar-refractivity contribution in [2.75, 3.05) is 6.61 Å². The van der Waals surface area contributed by atoms with Gasteiger partial charge in [-0.3, -0.25) is 0 Å². The Labute approximate surface area is 216 Å².